The maximum Gasteiger partial charge on any atom is 0.0829 e. The van der Waals surface area contributed by atoms with Gasteiger partial charge in [-0.2, -0.15) is 5.10 Å². The van der Waals surface area contributed by atoms with E-state index in [4.69, 9.17) is 10.5 Å². The molecule has 4 heteroatoms. The fraction of sp³-hybridized carbons (Fsp3) is 0.357. The number of nitrogens with zero attached hydrogens (tertiary/aromatic N) is 2. The molecular weight excluding hydrogens is 226 g/mol. The highest BCUT2D eigenvalue weighted by atomic mass is 16.5. The Hall–Kier alpha value is -1.65. The van der Waals surface area contributed by atoms with E-state index < -0.39 is 5.60 Å². The summed E-state index contributed by atoms with van der Waals surface area (Å²) in [6.07, 6.45) is 1.76. The zero-order valence-electron chi connectivity index (χ0n) is 11.0. The predicted molar refractivity (Wildman–Crippen MR) is 71.6 cm³/mol. The van der Waals surface area contributed by atoms with Crippen LogP contribution >= 0.6 is 0 Å². The summed E-state index contributed by atoms with van der Waals surface area (Å²) in [5.41, 5.74) is 7.78. The van der Waals surface area contributed by atoms with Crippen molar-refractivity contribution in [3.8, 4) is 5.69 Å². The van der Waals surface area contributed by atoms with Gasteiger partial charge in [0.05, 0.1) is 23.0 Å². The minimum atomic E-state index is -0.438. The summed E-state index contributed by atoms with van der Waals surface area (Å²) >= 11 is 0. The number of benzene rings is 1. The maximum atomic E-state index is 6.28. The van der Waals surface area contributed by atoms with E-state index in [1.165, 1.54) is 0 Å². The normalized spacial score (nSPS) is 13.6. The van der Waals surface area contributed by atoms with Crippen LogP contribution in [0.2, 0.25) is 0 Å². The molecule has 1 aromatic heterocycles. The fourth-order valence-corrected chi connectivity index (χ4v) is 1.82. The predicted octanol–water partition coefficient (Wildman–Crippen LogP) is 2.30. The smallest absolute Gasteiger partial charge is 0.0829 e. The summed E-state index contributed by atoms with van der Waals surface area (Å²) < 4.78 is 7.30. The lowest BCUT2D eigenvalue weighted by Crippen LogP contribution is -2.38. The van der Waals surface area contributed by atoms with E-state index in [0.29, 0.717) is 0 Å². The van der Waals surface area contributed by atoms with E-state index in [0.717, 1.165) is 11.4 Å². The van der Waals surface area contributed by atoms with Crippen LogP contribution in [0.3, 0.4) is 0 Å². The molecule has 0 spiro atoms. The number of nitrogens with two attached hydrogens (primary N) is 1. The second-order valence-corrected chi connectivity index (χ2v) is 4.79. The van der Waals surface area contributed by atoms with Gasteiger partial charge in [-0.05, 0) is 32.0 Å². The van der Waals surface area contributed by atoms with Crippen molar-refractivity contribution >= 4 is 0 Å². The molecule has 18 heavy (non-hydrogen) atoms. The van der Waals surface area contributed by atoms with Crippen LogP contribution in [-0.2, 0) is 4.74 Å². The van der Waals surface area contributed by atoms with Crippen LogP contribution in [0, 0.1) is 0 Å². The second-order valence-electron chi connectivity index (χ2n) is 4.79. The first-order valence-corrected chi connectivity index (χ1v) is 5.96. The largest absolute Gasteiger partial charge is 0.377 e. The molecule has 0 saturated carbocycles. The van der Waals surface area contributed by atoms with Crippen molar-refractivity contribution in [2.75, 3.05) is 7.11 Å². The number of para-hydroxylation sites is 1. The molecule has 0 aliphatic rings. The number of rotatable bonds is 4. The molecule has 2 rings (SSSR count). The monoisotopic (exact) mass is 245 g/mol. The molecule has 2 aromatic rings. The van der Waals surface area contributed by atoms with Crippen molar-refractivity contribution in [2.45, 2.75) is 25.5 Å². The Morgan fingerprint density at radius 1 is 1.22 bits per heavy atom. The van der Waals surface area contributed by atoms with Gasteiger partial charge in [-0.1, -0.05) is 18.2 Å². The van der Waals surface area contributed by atoms with Gasteiger partial charge in [0.1, 0.15) is 0 Å². The highest BCUT2D eigenvalue weighted by molar-refractivity contribution is 5.33. The molecule has 96 valence electrons. The minimum Gasteiger partial charge on any atom is -0.377 e. The Morgan fingerprint density at radius 2 is 1.89 bits per heavy atom. The standard InChI is InChI=1S/C14H19N3O/c1-14(2,18-3)13(15)12-9-10-16-17(12)11-7-5-4-6-8-11/h4-10,13H,15H2,1-3H3. The topological polar surface area (TPSA) is 53.1 Å². The van der Waals surface area contributed by atoms with E-state index in [2.05, 4.69) is 5.10 Å². The summed E-state index contributed by atoms with van der Waals surface area (Å²) in [6, 6.07) is 11.6. The van der Waals surface area contributed by atoms with Crippen LogP contribution in [0.4, 0.5) is 0 Å². The van der Waals surface area contributed by atoms with E-state index >= 15 is 0 Å². The molecule has 0 fully saturated rings. The van der Waals surface area contributed by atoms with Crippen LogP contribution in [0.15, 0.2) is 42.6 Å². The summed E-state index contributed by atoms with van der Waals surface area (Å²) in [7, 11) is 1.67. The number of aromatic nitrogens is 2. The number of ether oxygens (including phenoxy) is 1. The molecule has 4 nitrogen and oxygen atoms in total. The second kappa shape index (κ2) is 4.92. The molecule has 0 saturated heterocycles. The first-order chi connectivity index (χ1) is 8.56. The Morgan fingerprint density at radius 3 is 2.50 bits per heavy atom. The van der Waals surface area contributed by atoms with Crippen molar-refractivity contribution < 1.29 is 4.74 Å². The van der Waals surface area contributed by atoms with Gasteiger partial charge < -0.3 is 10.5 Å². The molecule has 0 aliphatic carbocycles. The lowest BCUT2D eigenvalue weighted by molar-refractivity contribution is -0.00166. The zero-order valence-corrected chi connectivity index (χ0v) is 11.0. The van der Waals surface area contributed by atoms with Crippen molar-refractivity contribution in [1.29, 1.82) is 0 Å². The Balaban J connectivity index is 2.40. The summed E-state index contributed by atoms with van der Waals surface area (Å²) in [5.74, 6) is 0. The summed E-state index contributed by atoms with van der Waals surface area (Å²) in [5, 5.41) is 4.34. The summed E-state index contributed by atoms with van der Waals surface area (Å²) in [4.78, 5) is 0. The first-order valence-electron chi connectivity index (χ1n) is 5.96. The van der Waals surface area contributed by atoms with Crippen molar-refractivity contribution in [2.24, 2.45) is 5.73 Å². The third kappa shape index (κ3) is 2.30. The lowest BCUT2D eigenvalue weighted by Gasteiger charge is -2.30. The van der Waals surface area contributed by atoms with Gasteiger partial charge in [0, 0.05) is 13.3 Å². The fourth-order valence-electron chi connectivity index (χ4n) is 1.82. The van der Waals surface area contributed by atoms with E-state index in [1.54, 1.807) is 13.3 Å². The van der Waals surface area contributed by atoms with Crippen LogP contribution < -0.4 is 5.73 Å². The Bertz CT molecular complexity index is 505. The quantitative estimate of drug-likeness (QED) is 0.899. The van der Waals surface area contributed by atoms with E-state index in [1.807, 2.05) is 54.9 Å². The van der Waals surface area contributed by atoms with Crippen molar-refractivity contribution in [1.82, 2.24) is 9.78 Å². The van der Waals surface area contributed by atoms with Crippen LogP contribution in [-0.4, -0.2) is 22.5 Å². The third-order valence-corrected chi connectivity index (χ3v) is 3.27. The van der Waals surface area contributed by atoms with Gasteiger partial charge in [0.25, 0.3) is 0 Å². The van der Waals surface area contributed by atoms with Gasteiger partial charge in [-0.15, -0.1) is 0 Å². The highest BCUT2D eigenvalue weighted by Gasteiger charge is 2.30. The zero-order chi connectivity index (χ0) is 13.2. The number of hydrogen-bond donors (Lipinski definition) is 1. The van der Waals surface area contributed by atoms with Gasteiger partial charge in [-0.25, -0.2) is 4.68 Å². The van der Waals surface area contributed by atoms with E-state index in [-0.39, 0.29) is 6.04 Å². The lowest BCUT2D eigenvalue weighted by atomic mass is 9.96. The molecule has 1 unspecified atom stereocenters. The molecule has 1 atom stereocenters. The van der Waals surface area contributed by atoms with Crippen LogP contribution in [0.25, 0.3) is 5.69 Å². The summed E-state index contributed by atoms with van der Waals surface area (Å²) in [6.45, 7) is 3.94. The van der Waals surface area contributed by atoms with Crippen molar-refractivity contribution in [3.05, 3.63) is 48.3 Å². The van der Waals surface area contributed by atoms with Gasteiger partial charge >= 0.3 is 0 Å². The molecule has 0 amide bonds. The molecule has 0 radical (unpaired) electrons. The molecule has 1 heterocycles. The molecular formula is C14H19N3O. The third-order valence-electron chi connectivity index (χ3n) is 3.27. The van der Waals surface area contributed by atoms with Gasteiger partial charge in [0.2, 0.25) is 0 Å². The van der Waals surface area contributed by atoms with Crippen LogP contribution in [0.1, 0.15) is 25.6 Å². The molecule has 2 N–H and O–H groups in total. The Kier molecular flexibility index (Phi) is 3.50. The van der Waals surface area contributed by atoms with Crippen molar-refractivity contribution in [3.63, 3.8) is 0 Å². The highest BCUT2D eigenvalue weighted by Crippen LogP contribution is 2.27. The SMILES string of the molecule is COC(C)(C)C(N)c1ccnn1-c1ccccc1. The minimum absolute atomic E-state index is 0.245. The maximum absolute atomic E-state index is 6.28. The molecule has 1 aromatic carbocycles. The average Bonchev–Trinajstić information content (AvgIpc) is 2.87. The average molecular weight is 245 g/mol. The number of methoxy groups -OCH3 is 1. The first kappa shape index (κ1) is 12.8. The number of hydrogen-bond acceptors (Lipinski definition) is 3. The molecule has 0 aliphatic heterocycles. The van der Waals surface area contributed by atoms with Gasteiger partial charge in [-0.3, -0.25) is 0 Å². The Labute approximate surface area is 107 Å². The van der Waals surface area contributed by atoms with Gasteiger partial charge in [0.15, 0.2) is 0 Å². The van der Waals surface area contributed by atoms with E-state index in [9.17, 15) is 0 Å². The van der Waals surface area contributed by atoms with Crippen LogP contribution in [0.5, 0.6) is 0 Å². The molecule has 0 bridgehead atoms.